The molecule has 1 aromatic heterocycles. The van der Waals surface area contributed by atoms with Crippen molar-refractivity contribution in [3.8, 4) is 0 Å². The van der Waals surface area contributed by atoms with Crippen molar-refractivity contribution in [3.05, 3.63) is 29.3 Å². The fourth-order valence-electron chi connectivity index (χ4n) is 1.40. The number of alkyl halides is 3. The number of rotatable bonds is 4. The van der Waals surface area contributed by atoms with Gasteiger partial charge in [0.15, 0.2) is 0 Å². The molecule has 1 rings (SSSR count). The standard InChI is InChI=1S/C11H10F4N2O3/c1-2-7(10(19)20)17-9(18)8-6(11(13,14)15)3-5(12)4-16-8/h3-4,7H,2H2,1H3,(H,17,18)(H,19,20). The van der Waals surface area contributed by atoms with Gasteiger partial charge in [0.05, 0.1) is 11.8 Å². The molecule has 1 amide bonds. The van der Waals surface area contributed by atoms with Gasteiger partial charge in [-0.25, -0.2) is 14.2 Å². The van der Waals surface area contributed by atoms with E-state index in [-0.39, 0.29) is 12.5 Å². The number of carbonyl (C=O) groups excluding carboxylic acids is 1. The van der Waals surface area contributed by atoms with Crippen LogP contribution in [0.5, 0.6) is 0 Å². The van der Waals surface area contributed by atoms with Crippen LogP contribution in [-0.2, 0) is 11.0 Å². The topological polar surface area (TPSA) is 79.3 Å². The van der Waals surface area contributed by atoms with E-state index in [9.17, 15) is 27.2 Å². The Morgan fingerprint density at radius 1 is 1.45 bits per heavy atom. The zero-order valence-corrected chi connectivity index (χ0v) is 10.2. The first-order valence-electron chi connectivity index (χ1n) is 5.43. The molecule has 0 bridgehead atoms. The average Bonchev–Trinajstić information content (AvgIpc) is 2.34. The van der Waals surface area contributed by atoms with Gasteiger partial charge in [0.1, 0.15) is 17.6 Å². The first-order valence-corrected chi connectivity index (χ1v) is 5.43. The highest BCUT2D eigenvalue weighted by Crippen LogP contribution is 2.31. The summed E-state index contributed by atoms with van der Waals surface area (Å²) in [7, 11) is 0. The Kier molecular flexibility index (Phi) is 4.64. The number of amides is 1. The smallest absolute Gasteiger partial charge is 0.418 e. The molecule has 0 radical (unpaired) electrons. The van der Waals surface area contributed by atoms with E-state index in [1.54, 1.807) is 0 Å². The minimum atomic E-state index is -4.98. The zero-order valence-electron chi connectivity index (χ0n) is 10.2. The number of nitrogens with zero attached hydrogens (tertiary/aromatic N) is 1. The lowest BCUT2D eigenvalue weighted by Crippen LogP contribution is -2.41. The van der Waals surface area contributed by atoms with Crippen LogP contribution in [0.1, 0.15) is 29.4 Å². The van der Waals surface area contributed by atoms with E-state index >= 15 is 0 Å². The van der Waals surface area contributed by atoms with Crippen molar-refractivity contribution in [3.63, 3.8) is 0 Å². The molecule has 1 aromatic rings. The monoisotopic (exact) mass is 294 g/mol. The summed E-state index contributed by atoms with van der Waals surface area (Å²) in [6, 6.07) is -1.22. The maximum Gasteiger partial charge on any atom is 0.418 e. The third-order valence-corrected chi connectivity index (χ3v) is 2.39. The number of carbonyl (C=O) groups is 2. The Morgan fingerprint density at radius 2 is 2.05 bits per heavy atom. The Balaban J connectivity index is 3.13. The van der Waals surface area contributed by atoms with Crippen molar-refractivity contribution >= 4 is 11.9 Å². The van der Waals surface area contributed by atoms with Crippen molar-refractivity contribution in [2.75, 3.05) is 0 Å². The van der Waals surface area contributed by atoms with E-state index in [0.29, 0.717) is 6.20 Å². The Hall–Kier alpha value is -2.19. The van der Waals surface area contributed by atoms with Crippen molar-refractivity contribution < 1.29 is 32.3 Å². The summed E-state index contributed by atoms with van der Waals surface area (Å²) in [5, 5.41) is 10.6. The molecule has 0 spiro atoms. The fourth-order valence-corrected chi connectivity index (χ4v) is 1.40. The lowest BCUT2D eigenvalue weighted by Gasteiger charge is -2.15. The second-order valence-electron chi connectivity index (χ2n) is 3.82. The van der Waals surface area contributed by atoms with Crippen molar-refractivity contribution in [2.45, 2.75) is 25.6 Å². The Labute approximate surface area is 110 Å². The van der Waals surface area contributed by atoms with Gasteiger partial charge in [-0.1, -0.05) is 6.92 Å². The van der Waals surface area contributed by atoms with Gasteiger partial charge in [0.2, 0.25) is 0 Å². The predicted molar refractivity (Wildman–Crippen MR) is 58.4 cm³/mol. The van der Waals surface area contributed by atoms with Crippen LogP contribution in [0, 0.1) is 5.82 Å². The van der Waals surface area contributed by atoms with Gasteiger partial charge in [-0.3, -0.25) is 4.79 Å². The largest absolute Gasteiger partial charge is 0.480 e. The molecule has 20 heavy (non-hydrogen) atoms. The van der Waals surface area contributed by atoms with Gasteiger partial charge in [0, 0.05) is 0 Å². The number of aliphatic carboxylic acids is 1. The molecule has 0 aliphatic carbocycles. The lowest BCUT2D eigenvalue weighted by atomic mass is 10.1. The number of aromatic nitrogens is 1. The van der Waals surface area contributed by atoms with Crippen LogP contribution >= 0.6 is 0 Å². The SMILES string of the molecule is CCC(NC(=O)c1ncc(F)cc1C(F)(F)F)C(=O)O. The average molecular weight is 294 g/mol. The minimum Gasteiger partial charge on any atom is -0.480 e. The summed E-state index contributed by atoms with van der Waals surface area (Å²) in [6.45, 7) is 1.43. The lowest BCUT2D eigenvalue weighted by molar-refractivity contribution is -0.139. The van der Waals surface area contributed by atoms with Gasteiger partial charge in [-0.15, -0.1) is 0 Å². The summed E-state index contributed by atoms with van der Waals surface area (Å²) in [4.78, 5) is 25.4. The van der Waals surface area contributed by atoms with Gasteiger partial charge >= 0.3 is 12.1 Å². The molecule has 0 aromatic carbocycles. The van der Waals surface area contributed by atoms with Crippen molar-refractivity contribution in [1.82, 2.24) is 10.3 Å². The highest BCUT2D eigenvalue weighted by molar-refractivity contribution is 5.96. The Morgan fingerprint density at radius 3 is 2.50 bits per heavy atom. The summed E-state index contributed by atoms with van der Waals surface area (Å²) in [6.07, 6.45) is -4.55. The quantitative estimate of drug-likeness (QED) is 0.830. The van der Waals surface area contributed by atoms with E-state index < -0.39 is 41.2 Å². The van der Waals surface area contributed by atoms with Crippen LogP contribution in [0.3, 0.4) is 0 Å². The molecular formula is C11H10F4N2O3. The highest BCUT2D eigenvalue weighted by atomic mass is 19.4. The number of nitrogens with one attached hydrogen (secondary N) is 1. The first kappa shape index (κ1) is 15.9. The summed E-state index contributed by atoms with van der Waals surface area (Å²) >= 11 is 0. The minimum absolute atomic E-state index is 0.0242. The molecule has 9 heteroatoms. The molecule has 2 N–H and O–H groups in total. The Bertz CT molecular complexity index is 531. The van der Waals surface area contributed by atoms with E-state index in [0.717, 1.165) is 0 Å². The summed E-state index contributed by atoms with van der Waals surface area (Å²) in [5.74, 6) is -3.97. The van der Waals surface area contributed by atoms with E-state index in [4.69, 9.17) is 5.11 Å². The molecule has 0 aliphatic heterocycles. The molecule has 110 valence electrons. The summed E-state index contributed by atoms with van der Waals surface area (Å²) in [5.41, 5.74) is -2.63. The van der Waals surface area contributed by atoms with Crippen LogP contribution < -0.4 is 5.32 Å². The van der Waals surface area contributed by atoms with Gasteiger partial charge in [-0.2, -0.15) is 13.2 Å². The maximum atomic E-state index is 12.8. The van der Waals surface area contributed by atoms with Gasteiger partial charge < -0.3 is 10.4 Å². The van der Waals surface area contributed by atoms with Crippen LogP contribution in [0.15, 0.2) is 12.3 Å². The third kappa shape index (κ3) is 3.65. The molecule has 1 atom stereocenters. The molecule has 0 saturated carbocycles. The highest BCUT2D eigenvalue weighted by Gasteiger charge is 2.37. The molecule has 5 nitrogen and oxygen atoms in total. The normalized spacial score (nSPS) is 12.8. The van der Waals surface area contributed by atoms with E-state index in [1.807, 2.05) is 5.32 Å². The van der Waals surface area contributed by atoms with E-state index in [2.05, 4.69) is 4.98 Å². The van der Waals surface area contributed by atoms with Crippen molar-refractivity contribution in [1.29, 1.82) is 0 Å². The van der Waals surface area contributed by atoms with Crippen molar-refractivity contribution in [2.24, 2.45) is 0 Å². The van der Waals surface area contributed by atoms with Crippen LogP contribution in [0.25, 0.3) is 0 Å². The number of pyridine rings is 1. The summed E-state index contributed by atoms with van der Waals surface area (Å²) < 4.78 is 50.8. The number of hydrogen-bond donors (Lipinski definition) is 2. The number of hydrogen-bond acceptors (Lipinski definition) is 3. The maximum absolute atomic E-state index is 12.8. The van der Waals surface area contributed by atoms with Crippen LogP contribution in [0.4, 0.5) is 17.6 Å². The van der Waals surface area contributed by atoms with Gasteiger partial charge in [-0.05, 0) is 12.5 Å². The predicted octanol–water partition coefficient (Wildman–Crippen LogP) is 1.83. The van der Waals surface area contributed by atoms with Crippen LogP contribution in [0.2, 0.25) is 0 Å². The second kappa shape index (κ2) is 5.85. The zero-order chi connectivity index (χ0) is 15.5. The number of carboxylic acids is 1. The molecule has 0 saturated heterocycles. The van der Waals surface area contributed by atoms with Crippen LogP contribution in [-0.4, -0.2) is 28.0 Å². The van der Waals surface area contributed by atoms with Gasteiger partial charge in [0.25, 0.3) is 5.91 Å². The molecule has 0 aliphatic rings. The number of halogens is 4. The number of carboxylic acid groups (broad SMARTS) is 1. The molecule has 1 heterocycles. The molecule has 0 fully saturated rings. The fraction of sp³-hybridized carbons (Fsp3) is 0.364. The first-order chi connectivity index (χ1) is 9.16. The molecule has 1 unspecified atom stereocenters. The third-order valence-electron chi connectivity index (χ3n) is 2.39. The molecular weight excluding hydrogens is 284 g/mol. The second-order valence-corrected chi connectivity index (χ2v) is 3.82. The van der Waals surface area contributed by atoms with E-state index in [1.165, 1.54) is 6.92 Å².